The molecule has 3 nitrogen and oxygen atoms in total. The lowest BCUT2D eigenvalue weighted by Crippen LogP contribution is -2.30. The Bertz CT molecular complexity index is 361. The molecule has 0 aliphatic carbocycles. The maximum Gasteiger partial charge on any atom is 0.223 e. The van der Waals surface area contributed by atoms with E-state index < -0.39 is 0 Å². The summed E-state index contributed by atoms with van der Waals surface area (Å²) in [5.74, 6) is 0.881. The summed E-state index contributed by atoms with van der Waals surface area (Å²) in [7, 11) is 1.64. The number of nitrogens with one attached hydrogen (secondary N) is 1. The zero-order valence-electron chi connectivity index (χ0n) is 10.3. The van der Waals surface area contributed by atoms with Crippen LogP contribution in [0.5, 0.6) is 5.75 Å². The van der Waals surface area contributed by atoms with Gasteiger partial charge in [-0.15, -0.1) is 0 Å². The molecule has 0 unspecified atom stereocenters. The molecule has 0 heterocycles. The van der Waals surface area contributed by atoms with Crippen LogP contribution in [-0.2, 0) is 4.79 Å². The van der Waals surface area contributed by atoms with Crippen LogP contribution >= 0.6 is 0 Å². The van der Waals surface area contributed by atoms with Gasteiger partial charge in [-0.3, -0.25) is 4.79 Å². The predicted octanol–water partition coefficient (Wildman–Crippen LogP) is 2.53. The molecule has 0 saturated carbocycles. The molecule has 1 N–H and O–H groups in total. The van der Waals surface area contributed by atoms with E-state index in [1.807, 2.05) is 45.0 Å². The Kier molecular flexibility index (Phi) is 4.35. The van der Waals surface area contributed by atoms with Gasteiger partial charge < -0.3 is 10.1 Å². The van der Waals surface area contributed by atoms with E-state index in [0.717, 1.165) is 11.3 Å². The Morgan fingerprint density at radius 3 is 2.56 bits per heavy atom. The fraction of sp³-hybridized carbons (Fsp3) is 0.462. The molecule has 16 heavy (non-hydrogen) atoms. The number of carbonyl (C=O) groups excluding carboxylic acids is 1. The number of carbonyl (C=O) groups is 1. The highest BCUT2D eigenvalue weighted by atomic mass is 16.5. The van der Waals surface area contributed by atoms with Crippen LogP contribution in [0.25, 0.3) is 0 Å². The third kappa shape index (κ3) is 3.26. The van der Waals surface area contributed by atoms with Crippen molar-refractivity contribution < 1.29 is 9.53 Å². The van der Waals surface area contributed by atoms with E-state index in [9.17, 15) is 4.79 Å². The molecule has 88 valence electrons. The molecule has 1 rings (SSSR count). The molecule has 1 aromatic carbocycles. The monoisotopic (exact) mass is 221 g/mol. The first kappa shape index (κ1) is 12.6. The third-order valence-corrected chi connectivity index (χ3v) is 2.48. The SMILES string of the molecule is COc1cccc([C@H](C)NC(=O)C(C)C)c1. The fourth-order valence-corrected chi connectivity index (χ4v) is 1.37. The standard InChI is InChI=1S/C13H19NO2/c1-9(2)13(15)14-10(3)11-6-5-7-12(8-11)16-4/h5-10H,1-4H3,(H,14,15)/t10-/m0/s1. The van der Waals surface area contributed by atoms with Gasteiger partial charge in [0, 0.05) is 5.92 Å². The Labute approximate surface area is 96.8 Å². The first-order valence-electron chi connectivity index (χ1n) is 5.49. The van der Waals surface area contributed by atoms with Crippen LogP contribution in [0, 0.1) is 5.92 Å². The summed E-state index contributed by atoms with van der Waals surface area (Å²) >= 11 is 0. The van der Waals surface area contributed by atoms with Gasteiger partial charge >= 0.3 is 0 Å². The van der Waals surface area contributed by atoms with Gasteiger partial charge in [0.25, 0.3) is 0 Å². The van der Waals surface area contributed by atoms with Gasteiger partial charge in [0.15, 0.2) is 0 Å². The maximum absolute atomic E-state index is 11.5. The summed E-state index contributed by atoms with van der Waals surface area (Å²) in [6, 6.07) is 7.73. The third-order valence-electron chi connectivity index (χ3n) is 2.48. The van der Waals surface area contributed by atoms with E-state index in [2.05, 4.69) is 5.32 Å². The summed E-state index contributed by atoms with van der Waals surface area (Å²) < 4.78 is 5.14. The summed E-state index contributed by atoms with van der Waals surface area (Å²) in [6.07, 6.45) is 0. The Hall–Kier alpha value is -1.51. The van der Waals surface area contributed by atoms with Gasteiger partial charge in [-0.05, 0) is 24.6 Å². The largest absolute Gasteiger partial charge is 0.497 e. The van der Waals surface area contributed by atoms with E-state index in [4.69, 9.17) is 4.74 Å². The molecule has 0 bridgehead atoms. The van der Waals surface area contributed by atoms with Crippen molar-refractivity contribution in [2.75, 3.05) is 7.11 Å². The maximum atomic E-state index is 11.5. The van der Waals surface area contributed by atoms with E-state index in [0.29, 0.717) is 0 Å². The molecule has 0 aromatic heterocycles. The molecule has 0 fully saturated rings. The normalized spacial score (nSPS) is 12.3. The van der Waals surface area contributed by atoms with Crippen molar-refractivity contribution in [3.05, 3.63) is 29.8 Å². The van der Waals surface area contributed by atoms with Crippen LogP contribution in [-0.4, -0.2) is 13.0 Å². The van der Waals surface area contributed by atoms with Gasteiger partial charge in [0.2, 0.25) is 5.91 Å². The molecular formula is C13H19NO2. The minimum Gasteiger partial charge on any atom is -0.497 e. The Morgan fingerprint density at radius 1 is 1.31 bits per heavy atom. The van der Waals surface area contributed by atoms with Crippen molar-refractivity contribution in [3.8, 4) is 5.75 Å². The van der Waals surface area contributed by atoms with Crippen LogP contribution in [0.15, 0.2) is 24.3 Å². The highest BCUT2D eigenvalue weighted by Gasteiger charge is 2.12. The fourth-order valence-electron chi connectivity index (χ4n) is 1.37. The van der Waals surface area contributed by atoms with E-state index in [-0.39, 0.29) is 17.9 Å². The number of amides is 1. The molecule has 0 radical (unpaired) electrons. The highest BCUT2D eigenvalue weighted by Crippen LogP contribution is 2.18. The molecule has 0 saturated heterocycles. The molecule has 3 heteroatoms. The van der Waals surface area contributed by atoms with E-state index in [1.165, 1.54) is 0 Å². The molecule has 0 spiro atoms. The van der Waals surface area contributed by atoms with Gasteiger partial charge in [-0.25, -0.2) is 0 Å². The van der Waals surface area contributed by atoms with Crippen LogP contribution in [0.2, 0.25) is 0 Å². The summed E-state index contributed by atoms with van der Waals surface area (Å²) in [5, 5.41) is 2.95. The molecule has 1 amide bonds. The first-order valence-corrected chi connectivity index (χ1v) is 5.49. The zero-order chi connectivity index (χ0) is 12.1. The minimum absolute atomic E-state index is 0.00463. The van der Waals surface area contributed by atoms with E-state index in [1.54, 1.807) is 7.11 Å². The van der Waals surface area contributed by atoms with Crippen molar-refractivity contribution >= 4 is 5.91 Å². The highest BCUT2D eigenvalue weighted by molar-refractivity contribution is 5.78. The lowest BCUT2D eigenvalue weighted by atomic mass is 10.1. The number of ether oxygens (including phenoxy) is 1. The van der Waals surface area contributed by atoms with Gasteiger partial charge in [0.1, 0.15) is 5.75 Å². The van der Waals surface area contributed by atoms with Crippen molar-refractivity contribution in [1.29, 1.82) is 0 Å². The summed E-state index contributed by atoms with van der Waals surface area (Å²) in [5.41, 5.74) is 1.05. The van der Waals surface area contributed by atoms with Crippen molar-refractivity contribution in [3.63, 3.8) is 0 Å². The van der Waals surface area contributed by atoms with Gasteiger partial charge in [0.05, 0.1) is 13.2 Å². The second kappa shape index (κ2) is 5.54. The van der Waals surface area contributed by atoms with Crippen LogP contribution in [0.1, 0.15) is 32.4 Å². The van der Waals surface area contributed by atoms with Crippen LogP contribution in [0.4, 0.5) is 0 Å². The smallest absolute Gasteiger partial charge is 0.223 e. The lowest BCUT2D eigenvalue weighted by molar-refractivity contribution is -0.124. The van der Waals surface area contributed by atoms with Crippen molar-refractivity contribution in [2.45, 2.75) is 26.8 Å². The number of benzene rings is 1. The second-order valence-electron chi connectivity index (χ2n) is 4.16. The number of rotatable bonds is 4. The molecule has 1 atom stereocenters. The molecule has 0 aliphatic rings. The lowest BCUT2D eigenvalue weighted by Gasteiger charge is -2.16. The van der Waals surface area contributed by atoms with Crippen molar-refractivity contribution in [2.24, 2.45) is 5.92 Å². The second-order valence-corrected chi connectivity index (χ2v) is 4.16. The predicted molar refractivity (Wildman–Crippen MR) is 64.4 cm³/mol. The number of hydrogen-bond donors (Lipinski definition) is 1. The van der Waals surface area contributed by atoms with Gasteiger partial charge in [-0.1, -0.05) is 26.0 Å². The minimum atomic E-state index is 0.00463. The van der Waals surface area contributed by atoms with Crippen LogP contribution < -0.4 is 10.1 Å². The molecule has 1 aromatic rings. The van der Waals surface area contributed by atoms with Crippen molar-refractivity contribution in [1.82, 2.24) is 5.32 Å². The zero-order valence-corrected chi connectivity index (χ0v) is 10.3. The van der Waals surface area contributed by atoms with Gasteiger partial charge in [-0.2, -0.15) is 0 Å². The molecule has 0 aliphatic heterocycles. The first-order chi connectivity index (χ1) is 7.54. The topological polar surface area (TPSA) is 38.3 Å². The average molecular weight is 221 g/mol. The Morgan fingerprint density at radius 2 is 2.00 bits per heavy atom. The molecular weight excluding hydrogens is 202 g/mol. The quantitative estimate of drug-likeness (QED) is 0.848. The van der Waals surface area contributed by atoms with Crippen LogP contribution in [0.3, 0.4) is 0 Å². The number of methoxy groups -OCH3 is 1. The van der Waals surface area contributed by atoms with E-state index >= 15 is 0 Å². The Balaban J connectivity index is 2.72. The summed E-state index contributed by atoms with van der Waals surface area (Å²) in [6.45, 7) is 5.73. The number of hydrogen-bond acceptors (Lipinski definition) is 2. The average Bonchev–Trinajstić information content (AvgIpc) is 2.28. The summed E-state index contributed by atoms with van der Waals surface area (Å²) in [4.78, 5) is 11.5.